The zero-order valence-electron chi connectivity index (χ0n) is 11.6. The molecular formula is C14H14N2O6. The Morgan fingerprint density at radius 1 is 1.36 bits per heavy atom. The number of aliphatic carboxylic acids is 1. The first-order valence-electron chi connectivity index (χ1n) is 6.75. The molecule has 8 heteroatoms. The first-order valence-corrected chi connectivity index (χ1v) is 6.75. The number of benzene rings is 1. The molecule has 2 heterocycles. The summed E-state index contributed by atoms with van der Waals surface area (Å²) >= 11 is 0. The van der Waals surface area contributed by atoms with Crippen LogP contribution in [0.1, 0.15) is 10.4 Å². The monoisotopic (exact) mass is 306 g/mol. The van der Waals surface area contributed by atoms with Gasteiger partial charge in [-0.25, -0.2) is 4.79 Å². The van der Waals surface area contributed by atoms with E-state index in [0.29, 0.717) is 23.5 Å². The standard InChI is InChI=1S/C14H14N2O6/c17-12-7-22-10-2-1-8(5-9(10)15-12)13(18)16-3-4-21-11(6-16)14(19)20/h1-2,5,11H,3-4,6-7H2,(H,15,17)(H,19,20)/t11-/m0/s1. The van der Waals surface area contributed by atoms with E-state index in [2.05, 4.69) is 5.32 Å². The highest BCUT2D eigenvalue weighted by atomic mass is 16.5. The number of rotatable bonds is 2. The van der Waals surface area contributed by atoms with Crippen molar-refractivity contribution in [2.45, 2.75) is 6.10 Å². The fourth-order valence-electron chi connectivity index (χ4n) is 2.38. The second kappa shape index (κ2) is 5.64. The number of amides is 2. The molecule has 2 N–H and O–H groups in total. The minimum absolute atomic E-state index is 0.00584. The van der Waals surface area contributed by atoms with Gasteiger partial charge in [0.05, 0.1) is 18.8 Å². The lowest BCUT2D eigenvalue weighted by molar-refractivity contribution is -0.154. The Morgan fingerprint density at radius 2 is 2.18 bits per heavy atom. The van der Waals surface area contributed by atoms with Crippen LogP contribution in [0.25, 0.3) is 0 Å². The normalized spacial score (nSPS) is 20.6. The highest BCUT2D eigenvalue weighted by molar-refractivity contribution is 6.00. The van der Waals surface area contributed by atoms with Crippen LogP contribution in [0, 0.1) is 0 Å². The summed E-state index contributed by atoms with van der Waals surface area (Å²) in [5, 5.41) is 11.6. The van der Waals surface area contributed by atoms with Crippen molar-refractivity contribution in [2.75, 3.05) is 31.6 Å². The quantitative estimate of drug-likeness (QED) is 0.793. The van der Waals surface area contributed by atoms with Gasteiger partial charge in [0, 0.05) is 12.1 Å². The van der Waals surface area contributed by atoms with Gasteiger partial charge in [0.1, 0.15) is 5.75 Å². The molecule has 0 radical (unpaired) electrons. The molecule has 22 heavy (non-hydrogen) atoms. The number of carbonyl (C=O) groups excluding carboxylic acids is 2. The molecule has 0 unspecified atom stereocenters. The van der Waals surface area contributed by atoms with Crippen LogP contribution in [-0.4, -0.2) is 60.2 Å². The van der Waals surface area contributed by atoms with Crippen molar-refractivity contribution in [3.63, 3.8) is 0 Å². The summed E-state index contributed by atoms with van der Waals surface area (Å²) in [6, 6.07) is 4.72. The number of carboxylic acids is 1. The highest BCUT2D eigenvalue weighted by Crippen LogP contribution is 2.29. The molecule has 0 aromatic heterocycles. The van der Waals surface area contributed by atoms with Crippen LogP contribution in [0.5, 0.6) is 5.75 Å². The number of ether oxygens (including phenoxy) is 2. The van der Waals surface area contributed by atoms with Gasteiger partial charge >= 0.3 is 5.97 Å². The number of nitrogens with one attached hydrogen (secondary N) is 1. The fraction of sp³-hybridized carbons (Fsp3) is 0.357. The molecule has 1 fully saturated rings. The maximum Gasteiger partial charge on any atom is 0.334 e. The minimum atomic E-state index is -1.09. The summed E-state index contributed by atoms with van der Waals surface area (Å²) < 4.78 is 10.3. The summed E-state index contributed by atoms with van der Waals surface area (Å²) in [6.45, 7) is 0.439. The zero-order valence-corrected chi connectivity index (χ0v) is 11.6. The van der Waals surface area contributed by atoms with Gasteiger partial charge in [-0.3, -0.25) is 9.59 Å². The number of hydrogen-bond donors (Lipinski definition) is 2. The van der Waals surface area contributed by atoms with Crippen LogP contribution in [-0.2, 0) is 14.3 Å². The van der Waals surface area contributed by atoms with Gasteiger partial charge in [0.25, 0.3) is 11.8 Å². The molecule has 3 rings (SSSR count). The highest BCUT2D eigenvalue weighted by Gasteiger charge is 2.30. The number of carbonyl (C=O) groups is 3. The van der Waals surface area contributed by atoms with Crippen molar-refractivity contribution in [3.05, 3.63) is 23.8 Å². The van der Waals surface area contributed by atoms with E-state index >= 15 is 0 Å². The molecule has 2 amide bonds. The van der Waals surface area contributed by atoms with Gasteiger partial charge in [-0.2, -0.15) is 0 Å². The zero-order chi connectivity index (χ0) is 15.7. The van der Waals surface area contributed by atoms with Crippen LogP contribution in [0.4, 0.5) is 5.69 Å². The molecule has 116 valence electrons. The van der Waals surface area contributed by atoms with E-state index in [1.807, 2.05) is 0 Å². The molecule has 1 atom stereocenters. The Morgan fingerprint density at radius 3 is 2.95 bits per heavy atom. The van der Waals surface area contributed by atoms with Crippen molar-refractivity contribution in [3.8, 4) is 5.75 Å². The van der Waals surface area contributed by atoms with Crippen LogP contribution in [0.2, 0.25) is 0 Å². The van der Waals surface area contributed by atoms with E-state index in [-0.39, 0.29) is 31.6 Å². The Hall–Kier alpha value is -2.61. The lowest BCUT2D eigenvalue weighted by Gasteiger charge is -2.31. The third-order valence-electron chi connectivity index (χ3n) is 3.49. The van der Waals surface area contributed by atoms with Crippen molar-refractivity contribution in [1.82, 2.24) is 4.90 Å². The first kappa shape index (κ1) is 14.3. The smallest absolute Gasteiger partial charge is 0.334 e. The van der Waals surface area contributed by atoms with E-state index in [9.17, 15) is 14.4 Å². The van der Waals surface area contributed by atoms with Crippen LogP contribution in [0.15, 0.2) is 18.2 Å². The van der Waals surface area contributed by atoms with Gasteiger partial charge < -0.3 is 24.8 Å². The average Bonchev–Trinajstić information content (AvgIpc) is 2.53. The molecular weight excluding hydrogens is 292 g/mol. The number of carboxylic acid groups (broad SMARTS) is 1. The van der Waals surface area contributed by atoms with Gasteiger partial charge in [-0.15, -0.1) is 0 Å². The number of fused-ring (bicyclic) bond motifs is 1. The van der Waals surface area contributed by atoms with Crippen molar-refractivity contribution < 1.29 is 29.0 Å². The SMILES string of the molecule is O=C1COc2ccc(C(=O)N3CCO[C@H](C(=O)O)C3)cc2N1. The lowest BCUT2D eigenvalue weighted by atomic mass is 10.1. The maximum atomic E-state index is 12.5. The maximum absolute atomic E-state index is 12.5. The molecule has 1 saturated heterocycles. The molecule has 2 aliphatic rings. The number of hydrogen-bond acceptors (Lipinski definition) is 5. The van der Waals surface area contributed by atoms with E-state index in [0.717, 1.165) is 0 Å². The fourth-order valence-corrected chi connectivity index (χ4v) is 2.38. The van der Waals surface area contributed by atoms with Gasteiger partial charge in [0.15, 0.2) is 12.7 Å². The number of anilines is 1. The average molecular weight is 306 g/mol. The third kappa shape index (κ3) is 2.73. The molecule has 0 spiro atoms. The van der Waals surface area contributed by atoms with Crippen molar-refractivity contribution in [1.29, 1.82) is 0 Å². The molecule has 2 aliphatic heterocycles. The van der Waals surface area contributed by atoms with E-state index < -0.39 is 12.1 Å². The number of morpholine rings is 1. The van der Waals surface area contributed by atoms with Gasteiger partial charge in [0.2, 0.25) is 0 Å². The third-order valence-corrected chi connectivity index (χ3v) is 3.49. The Bertz CT molecular complexity index is 644. The van der Waals surface area contributed by atoms with Crippen LogP contribution < -0.4 is 10.1 Å². The van der Waals surface area contributed by atoms with Gasteiger partial charge in [-0.05, 0) is 18.2 Å². The number of nitrogens with zero attached hydrogens (tertiary/aromatic N) is 1. The van der Waals surface area contributed by atoms with Crippen molar-refractivity contribution in [2.24, 2.45) is 0 Å². The Balaban J connectivity index is 1.79. The van der Waals surface area contributed by atoms with Crippen molar-refractivity contribution >= 4 is 23.5 Å². The topological polar surface area (TPSA) is 105 Å². The Labute approximate surface area is 125 Å². The minimum Gasteiger partial charge on any atom is -0.482 e. The second-order valence-electron chi connectivity index (χ2n) is 5.00. The molecule has 0 bridgehead atoms. The predicted octanol–water partition coefficient (Wildman–Crippen LogP) is -0.0569. The first-order chi connectivity index (χ1) is 10.5. The van der Waals surface area contributed by atoms with Gasteiger partial charge in [-0.1, -0.05) is 0 Å². The van der Waals surface area contributed by atoms with E-state index in [1.54, 1.807) is 12.1 Å². The summed E-state index contributed by atoms with van der Waals surface area (Å²) in [5.41, 5.74) is 0.792. The summed E-state index contributed by atoms with van der Waals surface area (Å²) in [5.74, 6) is -1.18. The van der Waals surface area contributed by atoms with E-state index in [1.165, 1.54) is 11.0 Å². The second-order valence-corrected chi connectivity index (χ2v) is 5.00. The Kier molecular flexibility index (Phi) is 3.68. The lowest BCUT2D eigenvalue weighted by Crippen LogP contribution is -2.48. The molecule has 1 aromatic rings. The molecule has 0 saturated carbocycles. The molecule has 8 nitrogen and oxygen atoms in total. The predicted molar refractivity (Wildman–Crippen MR) is 73.8 cm³/mol. The van der Waals surface area contributed by atoms with E-state index in [4.69, 9.17) is 14.6 Å². The molecule has 1 aromatic carbocycles. The molecule has 0 aliphatic carbocycles. The summed E-state index contributed by atoms with van der Waals surface area (Å²) in [6.07, 6.45) is -1.02. The summed E-state index contributed by atoms with van der Waals surface area (Å²) in [4.78, 5) is 36.2. The summed E-state index contributed by atoms with van der Waals surface area (Å²) in [7, 11) is 0. The van der Waals surface area contributed by atoms with Crippen LogP contribution >= 0.6 is 0 Å². The largest absolute Gasteiger partial charge is 0.482 e. The van der Waals surface area contributed by atoms with Crippen LogP contribution in [0.3, 0.4) is 0 Å².